The minimum Gasteiger partial charge on any atom is -0.495 e. The van der Waals surface area contributed by atoms with Gasteiger partial charge in [0.1, 0.15) is 11.4 Å². The Hall–Kier alpha value is -3.15. The molecule has 0 saturated heterocycles. The van der Waals surface area contributed by atoms with Crippen LogP contribution in [0.3, 0.4) is 0 Å². The molecule has 1 amide bonds. The standard InChI is InChI=1S/C17H16N4O2/c1-21-16(8-9-19-21)12-4-3-5-13(10-12)20-17(22)15-7-6-14(23-2)11-18-15/h3-11H,1-2H3,(H,20,22). The molecule has 1 N–H and O–H groups in total. The molecule has 116 valence electrons. The molecule has 6 nitrogen and oxygen atoms in total. The zero-order valence-corrected chi connectivity index (χ0v) is 12.9. The van der Waals surface area contributed by atoms with Crippen molar-refractivity contribution < 1.29 is 9.53 Å². The first-order valence-corrected chi connectivity index (χ1v) is 7.07. The molecule has 2 aromatic heterocycles. The fraction of sp³-hybridized carbons (Fsp3) is 0.118. The van der Waals surface area contributed by atoms with Crippen molar-refractivity contribution in [3.05, 3.63) is 60.6 Å². The van der Waals surface area contributed by atoms with Gasteiger partial charge in [-0.25, -0.2) is 4.98 Å². The van der Waals surface area contributed by atoms with Crippen LogP contribution in [-0.4, -0.2) is 27.8 Å². The number of hydrogen-bond donors (Lipinski definition) is 1. The Labute approximate surface area is 133 Å². The quantitative estimate of drug-likeness (QED) is 0.804. The number of anilines is 1. The second-order valence-electron chi connectivity index (χ2n) is 4.96. The number of nitrogens with zero attached hydrogens (tertiary/aromatic N) is 3. The van der Waals surface area contributed by atoms with Crippen molar-refractivity contribution in [2.24, 2.45) is 7.05 Å². The topological polar surface area (TPSA) is 69.0 Å². The van der Waals surface area contributed by atoms with E-state index in [-0.39, 0.29) is 5.91 Å². The number of benzene rings is 1. The highest BCUT2D eigenvalue weighted by atomic mass is 16.5. The van der Waals surface area contributed by atoms with Gasteiger partial charge in [-0.15, -0.1) is 0 Å². The van der Waals surface area contributed by atoms with Gasteiger partial charge >= 0.3 is 0 Å². The van der Waals surface area contributed by atoms with Crippen LogP contribution in [0.15, 0.2) is 54.9 Å². The van der Waals surface area contributed by atoms with E-state index in [0.717, 1.165) is 11.3 Å². The summed E-state index contributed by atoms with van der Waals surface area (Å²) in [6, 6.07) is 12.8. The first-order chi connectivity index (χ1) is 11.2. The van der Waals surface area contributed by atoms with Crippen LogP contribution in [0.25, 0.3) is 11.3 Å². The average molecular weight is 308 g/mol. The van der Waals surface area contributed by atoms with Crippen molar-refractivity contribution in [2.45, 2.75) is 0 Å². The number of aromatic nitrogens is 3. The second-order valence-corrected chi connectivity index (χ2v) is 4.96. The van der Waals surface area contributed by atoms with Crippen molar-refractivity contribution in [2.75, 3.05) is 12.4 Å². The van der Waals surface area contributed by atoms with Crippen LogP contribution in [0.5, 0.6) is 5.75 Å². The highest BCUT2D eigenvalue weighted by Gasteiger charge is 2.09. The smallest absolute Gasteiger partial charge is 0.274 e. The predicted octanol–water partition coefficient (Wildman–Crippen LogP) is 2.74. The monoisotopic (exact) mass is 308 g/mol. The number of rotatable bonds is 4. The maximum absolute atomic E-state index is 12.2. The number of nitrogens with one attached hydrogen (secondary N) is 1. The number of ether oxygens (including phenoxy) is 1. The average Bonchev–Trinajstić information content (AvgIpc) is 3.01. The lowest BCUT2D eigenvalue weighted by molar-refractivity contribution is 0.102. The molecule has 0 aliphatic heterocycles. The SMILES string of the molecule is COc1ccc(C(=O)Nc2cccc(-c3ccnn3C)c2)nc1. The van der Waals surface area contributed by atoms with Crippen LogP contribution in [0.2, 0.25) is 0 Å². The molecule has 0 aliphatic rings. The molecule has 3 aromatic rings. The summed E-state index contributed by atoms with van der Waals surface area (Å²) in [5.41, 5.74) is 2.98. The third kappa shape index (κ3) is 3.21. The summed E-state index contributed by atoms with van der Waals surface area (Å²) in [4.78, 5) is 16.3. The zero-order valence-electron chi connectivity index (χ0n) is 12.9. The molecule has 0 bridgehead atoms. The fourth-order valence-electron chi connectivity index (χ4n) is 2.24. The third-order valence-corrected chi connectivity index (χ3v) is 3.44. The molecule has 0 aliphatic carbocycles. The van der Waals surface area contributed by atoms with Gasteiger partial charge in [-0.1, -0.05) is 12.1 Å². The predicted molar refractivity (Wildman–Crippen MR) is 87.4 cm³/mol. The van der Waals surface area contributed by atoms with E-state index in [1.807, 2.05) is 37.4 Å². The van der Waals surface area contributed by atoms with Gasteiger partial charge in [0.2, 0.25) is 0 Å². The summed E-state index contributed by atoms with van der Waals surface area (Å²) in [6.45, 7) is 0. The number of aryl methyl sites for hydroxylation is 1. The van der Waals surface area contributed by atoms with Crippen molar-refractivity contribution in [3.8, 4) is 17.0 Å². The maximum Gasteiger partial charge on any atom is 0.274 e. The molecule has 0 fully saturated rings. The van der Waals surface area contributed by atoms with E-state index in [4.69, 9.17) is 4.74 Å². The molecule has 1 aromatic carbocycles. The third-order valence-electron chi connectivity index (χ3n) is 3.44. The van der Waals surface area contributed by atoms with Crippen LogP contribution >= 0.6 is 0 Å². The van der Waals surface area contributed by atoms with Gasteiger partial charge in [0.15, 0.2) is 0 Å². The Kier molecular flexibility index (Phi) is 4.05. The minimum atomic E-state index is -0.269. The van der Waals surface area contributed by atoms with Crippen molar-refractivity contribution in [1.82, 2.24) is 14.8 Å². The minimum absolute atomic E-state index is 0.269. The van der Waals surface area contributed by atoms with Crippen LogP contribution in [0.1, 0.15) is 10.5 Å². The van der Waals surface area contributed by atoms with E-state index in [1.54, 1.807) is 30.1 Å². The molecule has 0 saturated carbocycles. The van der Waals surface area contributed by atoms with Gasteiger partial charge in [0.25, 0.3) is 5.91 Å². The number of amides is 1. The van der Waals surface area contributed by atoms with Gasteiger partial charge in [-0.05, 0) is 30.3 Å². The van der Waals surface area contributed by atoms with E-state index in [2.05, 4.69) is 15.4 Å². The number of carbonyl (C=O) groups is 1. The Morgan fingerprint density at radius 2 is 2.09 bits per heavy atom. The lowest BCUT2D eigenvalue weighted by Gasteiger charge is -2.08. The molecule has 0 radical (unpaired) electrons. The van der Waals surface area contributed by atoms with E-state index in [1.165, 1.54) is 6.20 Å². The van der Waals surface area contributed by atoms with Crippen LogP contribution in [0.4, 0.5) is 5.69 Å². The summed E-state index contributed by atoms with van der Waals surface area (Å²) in [6.07, 6.45) is 3.25. The van der Waals surface area contributed by atoms with Gasteiger partial charge in [-0.3, -0.25) is 9.48 Å². The van der Waals surface area contributed by atoms with E-state index >= 15 is 0 Å². The molecule has 0 atom stereocenters. The summed E-state index contributed by atoms with van der Waals surface area (Å²) in [5.74, 6) is 0.342. The van der Waals surface area contributed by atoms with E-state index < -0.39 is 0 Å². The zero-order chi connectivity index (χ0) is 16.2. The van der Waals surface area contributed by atoms with Crippen molar-refractivity contribution in [3.63, 3.8) is 0 Å². The largest absolute Gasteiger partial charge is 0.495 e. The molecule has 23 heavy (non-hydrogen) atoms. The summed E-state index contributed by atoms with van der Waals surface area (Å²) >= 11 is 0. The van der Waals surface area contributed by atoms with Crippen molar-refractivity contribution >= 4 is 11.6 Å². The number of hydrogen-bond acceptors (Lipinski definition) is 4. The second kappa shape index (κ2) is 6.31. The Bertz CT molecular complexity index is 825. The van der Waals surface area contributed by atoms with E-state index in [9.17, 15) is 4.79 Å². The molecule has 6 heteroatoms. The first-order valence-electron chi connectivity index (χ1n) is 7.07. The van der Waals surface area contributed by atoms with Gasteiger partial charge in [0.05, 0.1) is 19.0 Å². The number of pyridine rings is 1. The molecule has 0 spiro atoms. The highest BCUT2D eigenvalue weighted by Crippen LogP contribution is 2.22. The van der Waals surface area contributed by atoms with Crippen LogP contribution in [0, 0.1) is 0 Å². The normalized spacial score (nSPS) is 10.3. The van der Waals surface area contributed by atoms with Gasteiger partial charge < -0.3 is 10.1 Å². The maximum atomic E-state index is 12.2. The molecule has 2 heterocycles. The lowest BCUT2D eigenvalue weighted by Crippen LogP contribution is -2.13. The highest BCUT2D eigenvalue weighted by molar-refractivity contribution is 6.03. The molecule has 3 rings (SSSR count). The number of methoxy groups -OCH3 is 1. The van der Waals surface area contributed by atoms with Gasteiger partial charge in [-0.2, -0.15) is 5.10 Å². The summed E-state index contributed by atoms with van der Waals surface area (Å²) < 4.78 is 6.82. The molecular weight excluding hydrogens is 292 g/mol. The molecular formula is C17H16N4O2. The summed E-state index contributed by atoms with van der Waals surface area (Å²) in [7, 11) is 3.43. The lowest BCUT2D eigenvalue weighted by atomic mass is 10.1. The first kappa shape index (κ1) is 14.8. The van der Waals surface area contributed by atoms with Crippen molar-refractivity contribution in [1.29, 1.82) is 0 Å². The summed E-state index contributed by atoms with van der Waals surface area (Å²) in [5, 5.41) is 7.00. The Morgan fingerprint density at radius 3 is 2.74 bits per heavy atom. The van der Waals surface area contributed by atoms with Crippen LogP contribution < -0.4 is 10.1 Å². The fourth-order valence-corrected chi connectivity index (χ4v) is 2.24. The van der Waals surface area contributed by atoms with Gasteiger partial charge in [0, 0.05) is 24.5 Å². The molecule has 0 unspecified atom stereocenters. The Balaban J connectivity index is 1.80. The number of carbonyl (C=O) groups excluding carboxylic acids is 1. The van der Waals surface area contributed by atoms with Crippen LogP contribution in [-0.2, 0) is 7.05 Å². The Morgan fingerprint density at radius 1 is 1.22 bits per heavy atom. The van der Waals surface area contributed by atoms with E-state index in [0.29, 0.717) is 17.1 Å².